The Hall–Kier alpha value is -2.76. The van der Waals surface area contributed by atoms with Crippen molar-refractivity contribution in [1.82, 2.24) is 29.4 Å². The summed E-state index contributed by atoms with van der Waals surface area (Å²) in [7, 11) is 0. The van der Waals surface area contributed by atoms with E-state index in [0.29, 0.717) is 72.7 Å². The van der Waals surface area contributed by atoms with Crippen LogP contribution in [0.1, 0.15) is 78.9 Å². The second-order valence-electron chi connectivity index (χ2n) is 19.5. The molecule has 22 heteroatoms. The van der Waals surface area contributed by atoms with E-state index in [1.165, 1.54) is 20.8 Å². The molecule has 392 valence electrons. The third-order valence-electron chi connectivity index (χ3n) is 13.9. The van der Waals surface area contributed by atoms with Gasteiger partial charge in [-0.2, -0.15) is 0 Å². The maximum atomic E-state index is 13.6. The van der Waals surface area contributed by atoms with Crippen LogP contribution in [0, 0.1) is 0 Å². The van der Waals surface area contributed by atoms with Gasteiger partial charge in [0.2, 0.25) is 11.8 Å². The Morgan fingerprint density at radius 2 is 0.944 bits per heavy atom. The average molecular weight is 1070 g/mol. The number of fused-ring (bicyclic) bond motifs is 2. The number of amides is 4. The van der Waals surface area contributed by atoms with Gasteiger partial charge in [-0.05, 0) is 115 Å². The summed E-state index contributed by atoms with van der Waals surface area (Å²) in [5, 5.41) is 12.1. The molecule has 8 rings (SSSR count). The predicted molar refractivity (Wildman–Crippen MR) is 266 cm³/mol. The minimum atomic E-state index is -1.47. The van der Waals surface area contributed by atoms with Gasteiger partial charge < -0.3 is 44.4 Å². The molecule has 6 aliphatic rings. The van der Waals surface area contributed by atoms with Gasteiger partial charge in [0, 0.05) is 33.1 Å². The van der Waals surface area contributed by atoms with E-state index in [1.807, 2.05) is 21.9 Å². The Morgan fingerprint density at radius 3 is 1.30 bits per heavy atom. The molecule has 6 saturated heterocycles. The fraction of sp³-hybridized carbons (Fsp3) is 0.653. The van der Waals surface area contributed by atoms with E-state index >= 15 is 0 Å². The van der Waals surface area contributed by atoms with Gasteiger partial charge in [0.15, 0.2) is 5.60 Å². The summed E-state index contributed by atoms with van der Waals surface area (Å²) in [4.78, 5) is 77.3. The molecule has 6 atom stereocenters. The number of esters is 1. The third-order valence-corrected chi connectivity index (χ3v) is 15.4. The minimum absolute atomic E-state index is 0. The maximum absolute atomic E-state index is 13.6. The normalized spacial score (nSPS) is 24.6. The SMILES string of the molecule is C.CC(=O)OC(C)(C)C(=O)N1CCN(C(=O)Cc2ccc(Cl)c(Cl)c2)[C@H]2[C@H]1COC[C@@H]2N1CCCC1.CC(C)(O)C(=O)N1CCN(C(=O)Cc2ccc(Cl)c(Cl)c2)[C@H]2[C@H]1COC[C@@H]2N1CCCC1.F.[Li+].[OH-]. The van der Waals surface area contributed by atoms with Crippen LogP contribution in [0.4, 0.5) is 4.70 Å². The van der Waals surface area contributed by atoms with Crippen LogP contribution in [0.15, 0.2) is 36.4 Å². The molecule has 16 nitrogen and oxygen atoms in total. The first-order chi connectivity index (χ1) is 31.7. The van der Waals surface area contributed by atoms with Gasteiger partial charge >= 0.3 is 24.8 Å². The van der Waals surface area contributed by atoms with Crippen LogP contribution in [0.25, 0.3) is 0 Å². The Kier molecular flexibility index (Phi) is 23.5. The zero-order valence-electron chi connectivity index (χ0n) is 40.9. The van der Waals surface area contributed by atoms with E-state index in [-0.39, 0.29) is 109 Å². The van der Waals surface area contributed by atoms with E-state index in [2.05, 4.69) is 9.80 Å². The second-order valence-corrected chi connectivity index (χ2v) is 21.1. The van der Waals surface area contributed by atoms with E-state index < -0.39 is 17.2 Å². The third kappa shape index (κ3) is 14.6. The Morgan fingerprint density at radius 1 is 0.592 bits per heavy atom. The quantitative estimate of drug-likeness (QED) is 0.287. The summed E-state index contributed by atoms with van der Waals surface area (Å²) in [6, 6.07) is 9.47. The van der Waals surface area contributed by atoms with Crippen molar-refractivity contribution < 1.29 is 72.3 Å². The van der Waals surface area contributed by atoms with Gasteiger partial charge in [0.25, 0.3) is 11.8 Å². The molecule has 0 unspecified atom stereocenters. The molecule has 0 saturated carbocycles. The number of nitrogens with zero attached hydrogens (tertiary/aromatic N) is 6. The van der Waals surface area contributed by atoms with Gasteiger partial charge in [0.05, 0.1) is 95.6 Å². The first-order valence-corrected chi connectivity index (χ1v) is 24.9. The molecule has 0 aromatic heterocycles. The minimum Gasteiger partial charge on any atom is -0.870 e. The Bertz CT molecular complexity index is 2170. The molecule has 6 aliphatic heterocycles. The van der Waals surface area contributed by atoms with Gasteiger partial charge in [-0.25, -0.2) is 0 Å². The second kappa shape index (κ2) is 26.6. The summed E-state index contributed by atoms with van der Waals surface area (Å²) in [6.07, 6.45) is 4.86. The number of benzene rings is 2. The summed E-state index contributed by atoms with van der Waals surface area (Å²) < 4.78 is 17.3. The fourth-order valence-electron chi connectivity index (χ4n) is 10.8. The Labute approximate surface area is 449 Å². The number of likely N-dealkylation sites (tertiary alicyclic amines) is 2. The zero-order chi connectivity index (χ0) is 48.4. The van der Waals surface area contributed by atoms with Gasteiger partial charge in [-0.1, -0.05) is 66.0 Å². The van der Waals surface area contributed by atoms with E-state index in [0.717, 1.165) is 63.0 Å². The molecule has 0 aliphatic carbocycles. The number of carbonyl (C=O) groups excluding carboxylic acids is 5. The molecule has 6 heterocycles. The van der Waals surface area contributed by atoms with Gasteiger partial charge in [-0.3, -0.25) is 38.5 Å². The molecule has 2 N–H and O–H groups in total. The van der Waals surface area contributed by atoms with Crippen LogP contribution >= 0.6 is 46.4 Å². The fourth-order valence-corrected chi connectivity index (χ4v) is 11.4. The maximum Gasteiger partial charge on any atom is 1.00 e. The summed E-state index contributed by atoms with van der Waals surface area (Å²) in [5.41, 5.74) is -1.18. The van der Waals surface area contributed by atoms with Crippen molar-refractivity contribution in [3.63, 3.8) is 0 Å². The molecule has 0 spiro atoms. The number of rotatable bonds is 9. The molecular weight excluding hydrogens is 1000 g/mol. The smallest absolute Gasteiger partial charge is 0.870 e. The molecule has 0 bridgehead atoms. The first kappa shape index (κ1) is 62.5. The van der Waals surface area contributed by atoms with Crippen LogP contribution < -0.4 is 18.9 Å². The van der Waals surface area contributed by atoms with Crippen molar-refractivity contribution in [2.75, 3.05) is 78.8 Å². The van der Waals surface area contributed by atoms with Crippen LogP contribution in [0.5, 0.6) is 0 Å². The van der Waals surface area contributed by atoms with Crippen LogP contribution in [-0.2, 0) is 51.0 Å². The number of piperazine rings is 2. The molecule has 71 heavy (non-hydrogen) atoms. The standard InChI is InChI=1S/C25H33Cl2N3O5.C23H31Cl2N3O4.CH4.FH.Li.H2O/c1-16(31)35-25(2,3)24(33)29-10-11-30(22(32)13-17-6-7-18(26)19(27)12-17)23-20(14-34-15-21(23)29)28-8-4-5-9-28;1-23(2,31)22(30)27-9-10-28(20(29)12-15-5-6-16(24)17(25)11-15)21-18(13-32-14-19(21)27)26-7-3-4-8-26;;;;/h6-7,12,20-21,23H,4-5,8-11,13-15H2,1-3H3;5-6,11,18-19,21,31H,3-4,7-10,12-14H2,1-2H3;1H4;1H;;1H2/q;;;;+1;/p-1/t20-,21+,23+;18-,19+,21+;;;;/m00..../s1. The largest absolute Gasteiger partial charge is 1.00 e. The van der Waals surface area contributed by atoms with Gasteiger partial charge in [-0.15, -0.1) is 0 Å². The van der Waals surface area contributed by atoms with Crippen molar-refractivity contribution >= 4 is 76.0 Å². The molecule has 2 aromatic rings. The average Bonchev–Trinajstić information content (AvgIpc) is 4.03. The molecule has 0 radical (unpaired) electrons. The summed E-state index contributed by atoms with van der Waals surface area (Å²) in [6.45, 7) is 14.6. The summed E-state index contributed by atoms with van der Waals surface area (Å²) in [5.74, 6) is -1.12. The first-order valence-electron chi connectivity index (χ1n) is 23.4. The predicted octanol–water partition coefficient (Wildman–Crippen LogP) is 2.61. The van der Waals surface area contributed by atoms with E-state index in [1.54, 1.807) is 47.9 Å². The van der Waals surface area contributed by atoms with Crippen LogP contribution in [-0.4, -0.2) is 196 Å². The van der Waals surface area contributed by atoms with E-state index in [4.69, 9.17) is 60.6 Å². The van der Waals surface area contributed by atoms with Gasteiger partial charge in [0.1, 0.15) is 5.60 Å². The molecular formula is C49H70Cl4FLiN6O10. The topological polar surface area (TPSA) is 183 Å². The number of aliphatic hydroxyl groups is 1. The van der Waals surface area contributed by atoms with Crippen molar-refractivity contribution in [2.24, 2.45) is 0 Å². The number of hydrogen-bond donors (Lipinski definition) is 1. The van der Waals surface area contributed by atoms with Crippen molar-refractivity contribution in [2.45, 2.75) is 128 Å². The van der Waals surface area contributed by atoms with Crippen molar-refractivity contribution in [3.05, 3.63) is 67.6 Å². The Balaban J connectivity index is 0.000000356. The van der Waals surface area contributed by atoms with E-state index in [9.17, 15) is 29.1 Å². The molecule has 2 aromatic carbocycles. The number of ether oxygens (including phenoxy) is 3. The molecule has 6 fully saturated rings. The summed E-state index contributed by atoms with van der Waals surface area (Å²) >= 11 is 24.4. The monoisotopic (exact) mass is 1070 g/mol. The van der Waals surface area contributed by atoms with Crippen LogP contribution in [0.3, 0.4) is 0 Å². The number of hydrogen-bond acceptors (Lipinski definition) is 12. The number of carbonyl (C=O) groups is 5. The zero-order valence-corrected chi connectivity index (χ0v) is 43.9. The van der Waals surface area contributed by atoms with Crippen molar-refractivity contribution in [1.29, 1.82) is 0 Å². The van der Waals surface area contributed by atoms with Crippen molar-refractivity contribution in [3.8, 4) is 0 Å². The molecule has 4 amide bonds. The van der Waals surface area contributed by atoms with Crippen LogP contribution in [0.2, 0.25) is 20.1 Å². The number of halogens is 5.